The molecule has 21 heavy (non-hydrogen) atoms. The molecule has 3 N–H and O–H groups in total. The molecule has 2 aromatic rings. The van der Waals surface area contributed by atoms with Crippen molar-refractivity contribution < 1.29 is 17.2 Å². The number of hydrogen-bond donors (Lipinski definition) is 2. The third-order valence-corrected chi connectivity index (χ3v) is 4.58. The van der Waals surface area contributed by atoms with Crippen molar-refractivity contribution in [2.75, 3.05) is 5.73 Å². The van der Waals surface area contributed by atoms with E-state index in [1.54, 1.807) is 0 Å². The molecule has 0 aromatic heterocycles. The lowest BCUT2D eigenvalue weighted by Gasteiger charge is -2.09. The van der Waals surface area contributed by atoms with Crippen LogP contribution in [0.5, 0.6) is 0 Å². The maximum absolute atomic E-state index is 13.0. The lowest BCUT2D eigenvalue weighted by atomic mass is 10.2. The summed E-state index contributed by atoms with van der Waals surface area (Å²) in [5, 5.41) is 0.0157. The number of benzene rings is 2. The quantitative estimate of drug-likeness (QED) is 0.845. The van der Waals surface area contributed by atoms with E-state index in [1.807, 2.05) is 0 Å². The Morgan fingerprint density at radius 1 is 1.10 bits per heavy atom. The Bertz CT molecular complexity index is 782. The van der Waals surface area contributed by atoms with E-state index in [0.29, 0.717) is 0 Å². The Balaban J connectivity index is 2.21. The minimum atomic E-state index is -3.91. The minimum Gasteiger partial charge on any atom is -0.399 e. The van der Waals surface area contributed by atoms with E-state index in [4.69, 9.17) is 17.3 Å². The zero-order valence-electron chi connectivity index (χ0n) is 10.6. The van der Waals surface area contributed by atoms with Gasteiger partial charge in [-0.05, 0) is 35.9 Å². The van der Waals surface area contributed by atoms with Crippen LogP contribution in [0.25, 0.3) is 0 Å². The van der Waals surface area contributed by atoms with E-state index in [2.05, 4.69) is 4.72 Å². The third kappa shape index (κ3) is 3.69. The van der Waals surface area contributed by atoms with Gasteiger partial charge in [0.1, 0.15) is 4.90 Å². The highest BCUT2D eigenvalue weighted by molar-refractivity contribution is 7.89. The summed E-state index contributed by atoms with van der Waals surface area (Å²) >= 11 is 5.82. The Morgan fingerprint density at radius 3 is 2.48 bits per heavy atom. The van der Waals surface area contributed by atoms with E-state index in [0.717, 1.165) is 12.1 Å². The molecule has 0 saturated heterocycles. The Kier molecular flexibility index (Phi) is 4.46. The van der Waals surface area contributed by atoms with Gasteiger partial charge in [0.15, 0.2) is 11.6 Å². The second-order valence-electron chi connectivity index (χ2n) is 4.26. The van der Waals surface area contributed by atoms with Crippen LogP contribution in [0.1, 0.15) is 5.56 Å². The summed E-state index contributed by atoms with van der Waals surface area (Å²) in [7, 11) is -3.91. The molecule has 0 saturated carbocycles. The highest BCUT2D eigenvalue weighted by Gasteiger charge is 2.18. The van der Waals surface area contributed by atoms with Crippen LogP contribution in [0.2, 0.25) is 5.02 Å². The van der Waals surface area contributed by atoms with Gasteiger partial charge in [0, 0.05) is 12.2 Å². The van der Waals surface area contributed by atoms with E-state index in [1.165, 1.54) is 24.3 Å². The summed E-state index contributed by atoms with van der Waals surface area (Å²) in [4.78, 5) is -0.174. The van der Waals surface area contributed by atoms with E-state index in [-0.39, 0.29) is 27.7 Å². The van der Waals surface area contributed by atoms with Crippen LogP contribution in [0, 0.1) is 11.6 Å². The lowest BCUT2D eigenvalue weighted by Crippen LogP contribution is -2.23. The molecule has 0 unspecified atom stereocenters. The van der Waals surface area contributed by atoms with Crippen molar-refractivity contribution in [1.29, 1.82) is 0 Å². The Hall–Kier alpha value is -1.70. The molecular weight excluding hydrogens is 322 g/mol. The van der Waals surface area contributed by atoms with Gasteiger partial charge < -0.3 is 5.73 Å². The number of rotatable bonds is 4. The van der Waals surface area contributed by atoms with E-state index in [9.17, 15) is 17.2 Å². The molecule has 2 aromatic carbocycles. The number of nitrogen functional groups attached to an aromatic ring is 1. The molecule has 4 nitrogen and oxygen atoms in total. The summed E-state index contributed by atoms with van der Waals surface area (Å²) in [5.74, 6) is -2.05. The van der Waals surface area contributed by atoms with E-state index >= 15 is 0 Å². The Labute approximate surface area is 125 Å². The van der Waals surface area contributed by atoms with Crippen molar-refractivity contribution in [2.24, 2.45) is 0 Å². The minimum absolute atomic E-state index is 0.0157. The van der Waals surface area contributed by atoms with Gasteiger partial charge in [-0.3, -0.25) is 0 Å². The van der Waals surface area contributed by atoms with Gasteiger partial charge >= 0.3 is 0 Å². The maximum atomic E-state index is 13.0. The molecule has 0 atom stereocenters. The molecule has 2 rings (SSSR count). The van der Waals surface area contributed by atoms with Crippen LogP contribution < -0.4 is 10.5 Å². The zero-order valence-corrected chi connectivity index (χ0v) is 12.2. The molecule has 0 amide bonds. The molecule has 0 fully saturated rings. The Morgan fingerprint density at radius 2 is 1.81 bits per heavy atom. The van der Waals surface area contributed by atoms with Crippen LogP contribution in [-0.4, -0.2) is 8.42 Å². The molecule has 8 heteroatoms. The van der Waals surface area contributed by atoms with Crippen molar-refractivity contribution in [1.82, 2.24) is 4.72 Å². The van der Waals surface area contributed by atoms with Crippen molar-refractivity contribution in [2.45, 2.75) is 11.4 Å². The van der Waals surface area contributed by atoms with Crippen molar-refractivity contribution in [3.05, 3.63) is 58.6 Å². The molecule has 0 aliphatic carbocycles. The van der Waals surface area contributed by atoms with Gasteiger partial charge in [-0.25, -0.2) is 21.9 Å². The second kappa shape index (κ2) is 5.97. The first-order chi connectivity index (χ1) is 9.79. The first kappa shape index (κ1) is 15.7. The number of nitrogens with two attached hydrogens (primary N) is 1. The predicted molar refractivity (Wildman–Crippen MR) is 76.2 cm³/mol. The monoisotopic (exact) mass is 332 g/mol. The first-order valence-electron chi connectivity index (χ1n) is 5.78. The summed E-state index contributed by atoms with van der Waals surface area (Å²) in [6.07, 6.45) is 0. The van der Waals surface area contributed by atoms with Gasteiger partial charge in [0.2, 0.25) is 10.0 Å². The second-order valence-corrected chi connectivity index (χ2v) is 6.41. The highest BCUT2D eigenvalue weighted by Crippen LogP contribution is 2.23. The number of sulfonamides is 1. The average Bonchev–Trinajstić information content (AvgIpc) is 2.43. The largest absolute Gasteiger partial charge is 0.399 e. The number of nitrogens with one attached hydrogen (secondary N) is 1. The maximum Gasteiger partial charge on any atom is 0.242 e. The van der Waals surface area contributed by atoms with Gasteiger partial charge in [-0.15, -0.1) is 0 Å². The smallest absolute Gasteiger partial charge is 0.242 e. The molecule has 0 bridgehead atoms. The summed E-state index contributed by atoms with van der Waals surface area (Å²) in [6.45, 7) is -0.204. The van der Waals surface area contributed by atoms with Crippen molar-refractivity contribution >= 4 is 27.3 Å². The van der Waals surface area contributed by atoms with E-state index < -0.39 is 21.7 Å². The standard InChI is InChI=1S/C13H11ClF2N2O2S/c14-10-3-2-9(17)6-13(10)21(19,20)18-7-8-1-4-11(15)12(16)5-8/h1-6,18H,7,17H2. The number of hydrogen-bond acceptors (Lipinski definition) is 3. The molecule has 0 aliphatic heterocycles. The van der Waals surface area contributed by atoms with Crippen molar-refractivity contribution in [3.8, 4) is 0 Å². The van der Waals surface area contributed by atoms with Crippen LogP contribution in [0.3, 0.4) is 0 Å². The zero-order chi connectivity index (χ0) is 15.6. The number of anilines is 1. The number of halogens is 3. The molecule has 0 aliphatic rings. The molecule has 0 spiro atoms. The van der Waals surface area contributed by atoms with Crippen LogP contribution in [0.15, 0.2) is 41.3 Å². The fourth-order valence-electron chi connectivity index (χ4n) is 1.63. The summed E-state index contributed by atoms with van der Waals surface area (Å²) in [5.41, 5.74) is 6.04. The lowest BCUT2D eigenvalue weighted by molar-refractivity contribution is 0.506. The molecule has 0 radical (unpaired) electrons. The van der Waals surface area contributed by atoms with Gasteiger partial charge in [-0.1, -0.05) is 17.7 Å². The SMILES string of the molecule is Nc1ccc(Cl)c(S(=O)(=O)NCc2ccc(F)c(F)c2)c1. The molecule has 0 heterocycles. The van der Waals surface area contributed by atoms with Crippen LogP contribution in [0.4, 0.5) is 14.5 Å². The van der Waals surface area contributed by atoms with Gasteiger partial charge in [0.05, 0.1) is 5.02 Å². The van der Waals surface area contributed by atoms with Gasteiger partial charge in [0.25, 0.3) is 0 Å². The normalized spacial score (nSPS) is 11.6. The van der Waals surface area contributed by atoms with Gasteiger partial charge in [-0.2, -0.15) is 0 Å². The predicted octanol–water partition coefficient (Wildman–Crippen LogP) is 2.68. The molecule has 112 valence electrons. The highest BCUT2D eigenvalue weighted by atomic mass is 35.5. The topological polar surface area (TPSA) is 72.2 Å². The fraction of sp³-hybridized carbons (Fsp3) is 0.0769. The van der Waals surface area contributed by atoms with Crippen LogP contribution >= 0.6 is 11.6 Å². The average molecular weight is 333 g/mol. The first-order valence-corrected chi connectivity index (χ1v) is 7.64. The van der Waals surface area contributed by atoms with Crippen molar-refractivity contribution in [3.63, 3.8) is 0 Å². The summed E-state index contributed by atoms with van der Waals surface area (Å²) in [6, 6.07) is 7.17. The molecular formula is C13H11ClF2N2O2S. The van der Waals surface area contributed by atoms with Crippen LogP contribution in [-0.2, 0) is 16.6 Å². The fourth-order valence-corrected chi connectivity index (χ4v) is 3.18. The summed E-state index contributed by atoms with van der Waals surface area (Å²) < 4.78 is 52.3. The third-order valence-electron chi connectivity index (χ3n) is 2.70.